The van der Waals surface area contributed by atoms with E-state index in [-0.39, 0.29) is 16.8 Å². The zero-order valence-electron chi connectivity index (χ0n) is 11.7. The normalized spacial score (nSPS) is 16.4. The second-order valence-corrected chi connectivity index (χ2v) is 5.83. The zero-order valence-corrected chi connectivity index (χ0v) is 13.3. The quantitative estimate of drug-likeness (QED) is 0.282. The average molecular weight is 336 g/mol. The first kappa shape index (κ1) is 16.2. The molecule has 1 aromatic rings. The van der Waals surface area contributed by atoms with E-state index in [4.69, 9.17) is 18.0 Å². The number of aliphatic hydroxyl groups is 1. The second-order valence-electron chi connectivity index (χ2n) is 4.43. The largest absolute Gasteiger partial charge is 0.505 e. The number of nitrogens with one attached hydrogen (secondary N) is 2. The number of thiocarbonyl (C=S) groups is 1. The van der Waals surface area contributed by atoms with Gasteiger partial charge in [-0.3, -0.25) is 20.5 Å². The fourth-order valence-electron chi connectivity index (χ4n) is 1.88. The fraction of sp³-hybridized carbons (Fsp3) is 0.143. The maximum absolute atomic E-state index is 11.8. The number of benzene rings is 1. The van der Waals surface area contributed by atoms with Crippen molar-refractivity contribution in [3.8, 4) is 0 Å². The van der Waals surface area contributed by atoms with Crippen LogP contribution in [0.1, 0.15) is 5.56 Å². The lowest BCUT2D eigenvalue weighted by atomic mass is 10.2. The van der Waals surface area contributed by atoms with Crippen LogP contribution in [0.2, 0.25) is 0 Å². The molecule has 1 aliphatic heterocycles. The van der Waals surface area contributed by atoms with Crippen LogP contribution in [-0.4, -0.2) is 33.3 Å². The van der Waals surface area contributed by atoms with Crippen LogP contribution in [0.4, 0.5) is 5.69 Å². The van der Waals surface area contributed by atoms with E-state index < -0.39 is 0 Å². The molecule has 1 aliphatic rings. The lowest BCUT2D eigenvalue weighted by molar-refractivity contribution is -0.125. The van der Waals surface area contributed by atoms with Gasteiger partial charge in [0.25, 0.3) is 0 Å². The Hall–Kier alpha value is -2.19. The van der Waals surface area contributed by atoms with Crippen molar-refractivity contribution in [3.63, 3.8) is 0 Å². The number of hydrogen-bond acceptors (Lipinski definition) is 5. The number of aliphatic hydroxyl groups excluding tert-OH is 1. The maximum Gasteiger partial charge on any atom is 0.238 e. The molecular formula is C14H16N4O2S2. The van der Waals surface area contributed by atoms with Crippen LogP contribution in [0, 0.1) is 0 Å². The van der Waals surface area contributed by atoms with Gasteiger partial charge in [-0.25, -0.2) is 0 Å². The van der Waals surface area contributed by atoms with Crippen molar-refractivity contribution < 1.29 is 9.90 Å². The minimum Gasteiger partial charge on any atom is -0.505 e. The Bertz CT molecular complexity index is 628. The summed E-state index contributed by atoms with van der Waals surface area (Å²) in [6, 6.07) is 7.00. The van der Waals surface area contributed by atoms with Gasteiger partial charge < -0.3 is 10.8 Å². The number of nitrogens with two attached hydrogens (primary N) is 1. The summed E-state index contributed by atoms with van der Waals surface area (Å²) in [5, 5.41) is 11.1. The minimum absolute atomic E-state index is 0.0367. The van der Waals surface area contributed by atoms with Crippen LogP contribution in [-0.2, 0) is 4.79 Å². The van der Waals surface area contributed by atoms with E-state index in [9.17, 15) is 9.90 Å². The molecule has 1 saturated heterocycles. The third-order valence-electron chi connectivity index (χ3n) is 2.88. The monoisotopic (exact) mass is 336 g/mol. The molecule has 1 amide bonds. The number of hydrogen-bond donors (Lipinski definition) is 4. The van der Waals surface area contributed by atoms with Gasteiger partial charge in [-0.1, -0.05) is 17.8 Å². The molecule has 0 aromatic heterocycles. The first-order valence-corrected chi connectivity index (χ1v) is 7.81. The molecule has 2 rings (SSSR count). The molecule has 0 spiro atoms. The third-order valence-corrected chi connectivity index (χ3v) is 4.06. The van der Waals surface area contributed by atoms with Crippen molar-refractivity contribution in [2.24, 2.45) is 5.73 Å². The Labute approximate surface area is 138 Å². The molecule has 116 valence electrons. The van der Waals surface area contributed by atoms with Crippen molar-refractivity contribution in [3.05, 3.63) is 47.5 Å². The topological polar surface area (TPSA) is 90.6 Å². The molecule has 1 heterocycles. The summed E-state index contributed by atoms with van der Waals surface area (Å²) >= 11 is 6.01. The molecule has 22 heavy (non-hydrogen) atoms. The number of nitrogens with zero attached hydrogens (tertiary/aromatic N) is 1. The highest BCUT2D eigenvalue weighted by molar-refractivity contribution is 8.04. The highest BCUT2D eigenvalue weighted by atomic mass is 32.2. The molecule has 0 aliphatic carbocycles. The van der Waals surface area contributed by atoms with Crippen LogP contribution in [0.3, 0.4) is 0 Å². The number of thioether (sulfide) groups is 1. The molecule has 0 radical (unpaired) electrons. The lowest BCUT2D eigenvalue weighted by Gasteiger charge is -2.16. The first-order valence-electron chi connectivity index (χ1n) is 6.42. The van der Waals surface area contributed by atoms with Gasteiger partial charge in [0.2, 0.25) is 5.91 Å². The summed E-state index contributed by atoms with van der Waals surface area (Å²) in [7, 11) is 0. The van der Waals surface area contributed by atoms with Gasteiger partial charge in [-0.2, -0.15) is 0 Å². The number of carbonyl (C=O) groups excluding carboxylic acids is 1. The van der Waals surface area contributed by atoms with E-state index in [2.05, 4.69) is 17.4 Å². The van der Waals surface area contributed by atoms with E-state index >= 15 is 0 Å². The number of carbonyl (C=O) groups is 1. The van der Waals surface area contributed by atoms with E-state index in [0.717, 1.165) is 5.69 Å². The summed E-state index contributed by atoms with van der Waals surface area (Å²) in [5.41, 5.74) is 12.1. The third kappa shape index (κ3) is 3.71. The Morgan fingerprint density at radius 3 is 2.77 bits per heavy atom. The Morgan fingerprint density at radius 1 is 1.50 bits per heavy atom. The lowest BCUT2D eigenvalue weighted by Crippen LogP contribution is -2.33. The molecule has 0 unspecified atom stereocenters. The summed E-state index contributed by atoms with van der Waals surface area (Å²) in [4.78, 5) is 13.3. The molecule has 0 saturated carbocycles. The van der Waals surface area contributed by atoms with Crippen LogP contribution in [0.25, 0.3) is 5.76 Å². The van der Waals surface area contributed by atoms with E-state index in [0.29, 0.717) is 22.9 Å². The molecule has 5 N–H and O–H groups in total. The Balaban J connectivity index is 2.19. The number of anilines is 1. The molecule has 0 bridgehead atoms. The fourth-order valence-corrected chi connectivity index (χ4v) is 2.93. The highest BCUT2D eigenvalue weighted by Crippen LogP contribution is 2.34. The van der Waals surface area contributed by atoms with Gasteiger partial charge >= 0.3 is 0 Å². The van der Waals surface area contributed by atoms with Gasteiger partial charge in [0, 0.05) is 12.1 Å². The highest BCUT2D eigenvalue weighted by Gasteiger charge is 2.29. The van der Waals surface area contributed by atoms with Gasteiger partial charge in [0.15, 0.2) is 10.9 Å². The van der Waals surface area contributed by atoms with Crippen molar-refractivity contribution in [2.45, 2.75) is 0 Å². The molecule has 8 heteroatoms. The first-order chi connectivity index (χ1) is 10.5. The van der Waals surface area contributed by atoms with E-state index in [1.54, 1.807) is 30.3 Å². The van der Waals surface area contributed by atoms with E-state index in [1.165, 1.54) is 16.7 Å². The predicted octanol–water partition coefficient (Wildman–Crippen LogP) is 1.79. The van der Waals surface area contributed by atoms with Gasteiger partial charge in [0.1, 0.15) is 5.03 Å². The van der Waals surface area contributed by atoms with Crippen molar-refractivity contribution in [2.75, 3.05) is 17.7 Å². The summed E-state index contributed by atoms with van der Waals surface area (Å²) < 4.78 is 0. The number of hydrazine groups is 1. The SMILES string of the molecule is C=CCN1C(=O)CS/C1=C(/O)c1ccc(NNC(N)=S)cc1. The van der Waals surface area contributed by atoms with E-state index in [1.807, 2.05) is 0 Å². The molecule has 1 fully saturated rings. The van der Waals surface area contributed by atoms with Crippen molar-refractivity contribution in [1.29, 1.82) is 0 Å². The van der Waals surface area contributed by atoms with Crippen LogP contribution >= 0.6 is 24.0 Å². The summed E-state index contributed by atoms with van der Waals surface area (Å²) in [6.07, 6.45) is 1.63. The Kier molecular flexibility index (Phi) is 5.29. The molecule has 0 atom stereocenters. The number of amides is 1. The predicted molar refractivity (Wildman–Crippen MR) is 93.9 cm³/mol. The maximum atomic E-state index is 11.8. The van der Waals surface area contributed by atoms with Crippen LogP contribution in [0.5, 0.6) is 0 Å². The molecule has 1 aromatic carbocycles. The Morgan fingerprint density at radius 2 is 2.18 bits per heavy atom. The van der Waals surface area contributed by atoms with Crippen LogP contribution < -0.4 is 16.6 Å². The average Bonchev–Trinajstić information content (AvgIpc) is 2.87. The molecular weight excluding hydrogens is 320 g/mol. The second kappa shape index (κ2) is 7.19. The van der Waals surface area contributed by atoms with Gasteiger partial charge in [0.05, 0.1) is 11.4 Å². The number of rotatable bonds is 5. The van der Waals surface area contributed by atoms with Crippen LogP contribution in [0.15, 0.2) is 41.9 Å². The summed E-state index contributed by atoms with van der Waals surface area (Å²) in [6.45, 7) is 4.01. The van der Waals surface area contributed by atoms with Crippen molar-refractivity contribution >= 4 is 46.4 Å². The zero-order chi connectivity index (χ0) is 16.1. The standard InChI is InChI=1S/C14H16N4O2S2/c1-2-7-18-11(19)8-22-13(18)12(20)9-3-5-10(6-4-9)16-17-14(15)21/h2-6,16,20H,1,7-8H2,(H3,15,17,21)/b13-12+. The smallest absolute Gasteiger partial charge is 0.238 e. The van der Waals surface area contributed by atoms with Gasteiger partial charge in [-0.05, 0) is 36.5 Å². The minimum atomic E-state index is -0.0367. The molecule has 6 nitrogen and oxygen atoms in total. The summed E-state index contributed by atoms with van der Waals surface area (Å²) in [5.74, 6) is 0.363. The van der Waals surface area contributed by atoms with Gasteiger partial charge in [-0.15, -0.1) is 6.58 Å². The van der Waals surface area contributed by atoms with Crippen molar-refractivity contribution in [1.82, 2.24) is 10.3 Å².